The van der Waals surface area contributed by atoms with Crippen LogP contribution in [0.5, 0.6) is 0 Å². The Morgan fingerprint density at radius 2 is 1.81 bits per heavy atom. The van der Waals surface area contributed by atoms with Crippen molar-refractivity contribution in [1.29, 1.82) is 0 Å². The van der Waals surface area contributed by atoms with E-state index in [9.17, 15) is 0 Å². The molecule has 0 aromatic rings. The number of nitrogens with one attached hydrogen (secondary N) is 1. The first-order chi connectivity index (χ1) is 7.66. The summed E-state index contributed by atoms with van der Waals surface area (Å²) in [5.41, 5.74) is 0. The second-order valence-electron chi connectivity index (χ2n) is 6.12. The molecule has 2 heteroatoms. The van der Waals surface area contributed by atoms with Crippen LogP contribution in [0, 0.1) is 11.8 Å². The zero-order chi connectivity index (χ0) is 11.5. The van der Waals surface area contributed by atoms with Gasteiger partial charge in [-0.3, -0.25) is 0 Å². The lowest BCUT2D eigenvalue weighted by Crippen LogP contribution is -2.40. The van der Waals surface area contributed by atoms with Crippen molar-refractivity contribution in [2.24, 2.45) is 11.8 Å². The lowest BCUT2D eigenvalue weighted by atomic mass is 9.96. The average molecular weight is 224 g/mol. The summed E-state index contributed by atoms with van der Waals surface area (Å²) < 4.78 is 0. The molecular formula is C14H28N2. The van der Waals surface area contributed by atoms with Gasteiger partial charge in [0.25, 0.3) is 0 Å². The van der Waals surface area contributed by atoms with E-state index in [-0.39, 0.29) is 0 Å². The van der Waals surface area contributed by atoms with E-state index in [1.807, 2.05) is 0 Å². The van der Waals surface area contributed by atoms with Crippen molar-refractivity contribution in [3.05, 3.63) is 0 Å². The predicted molar refractivity (Wildman–Crippen MR) is 69.6 cm³/mol. The molecule has 1 N–H and O–H groups in total. The van der Waals surface area contributed by atoms with E-state index >= 15 is 0 Å². The van der Waals surface area contributed by atoms with Gasteiger partial charge >= 0.3 is 0 Å². The van der Waals surface area contributed by atoms with E-state index in [4.69, 9.17) is 0 Å². The quantitative estimate of drug-likeness (QED) is 0.775. The standard InChI is InChI=1S/C14H28N2/c1-11-6-7-14(12(11)2)15-13-5-4-9-16(3)10-8-13/h11-15H,4-10H2,1-3H3. The van der Waals surface area contributed by atoms with Crippen molar-refractivity contribution in [2.75, 3.05) is 20.1 Å². The maximum Gasteiger partial charge on any atom is 0.00979 e. The molecule has 1 aliphatic heterocycles. The molecule has 16 heavy (non-hydrogen) atoms. The van der Waals surface area contributed by atoms with E-state index in [2.05, 4.69) is 31.1 Å². The first kappa shape index (κ1) is 12.4. The fraction of sp³-hybridized carbons (Fsp3) is 1.00. The van der Waals surface area contributed by atoms with Crippen LogP contribution in [0.4, 0.5) is 0 Å². The highest BCUT2D eigenvalue weighted by atomic mass is 15.1. The number of rotatable bonds is 2. The molecule has 2 fully saturated rings. The highest BCUT2D eigenvalue weighted by Gasteiger charge is 2.31. The molecular weight excluding hydrogens is 196 g/mol. The van der Waals surface area contributed by atoms with Gasteiger partial charge in [0.1, 0.15) is 0 Å². The summed E-state index contributed by atoms with van der Waals surface area (Å²) >= 11 is 0. The Kier molecular flexibility index (Phi) is 4.26. The van der Waals surface area contributed by atoms with Crippen LogP contribution in [0.15, 0.2) is 0 Å². The van der Waals surface area contributed by atoms with Gasteiger partial charge in [0.2, 0.25) is 0 Å². The first-order valence-corrected chi connectivity index (χ1v) is 7.11. The van der Waals surface area contributed by atoms with Crippen molar-refractivity contribution in [3.8, 4) is 0 Å². The van der Waals surface area contributed by atoms with Crippen molar-refractivity contribution in [2.45, 2.75) is 58.0 Å². The Morgan fingerprint density at radius 1 is 1.00 bits per heavy atom. The average Bonchev–Trinajstić information content (AvgIpc) is 2.48. The van der Waals surface area contributed by atoms with Crippen molar-refractivity contribution < 1.29 is 0 Å². The molecule has 2 rings (SSSR count). The molecule has 4 unspecified atom stereocenters. The molecule has 1 saturated carbocycles. The molecule has 0 amide bonds. The largest absolute Gasteiger partial charge is 0.311 e. The van der Waals surface area contributed by atoms with E-state index in [1.165, 1.54) is 45.2 Å². The molecule has 1 saturated heterocycles. The summed E-state index contributed by atoms with van der Waals surface area (Å²) in [7, 11) is 2.25. The minimum absolute atomic E-state index is 0.780. The molecule has 0 radical (unpaired) electrons. The Bertz CT molecular complexity index is 217. The van der Waals surface area contributed by atoms with Gasteiger partial charge in [-0.1, -0.05) is 13.8 Å². The van der Waals surface area contributed by atoms with E-state index < -0.39 is 0 Å². The number of nitrogens with zero attached hydrogens (tertiary/aromatic N) is 1. The minimum atomic E-state index is 0.780. The molecule has 94 valence electrons. The zero-order valence-electron chi connectivity index (χ0n) is 11.2. The van der Waals surface area contributed by atoms with E-state index in [0.717, 1.165) is 23.9 Å². The second kappa shape index (κ2) is 5.50. The maximum atomic E-state index is 3.93. The third-order valence-electron chi connectivity index (χ3n) is 4.87. The second-order valence-corrected chi connectivity index (χ2v) is 6.12. The van der Waals surface area contributed by atoms with Gasteiger partial charge in [-0.2, -0.15) is 0 Å². The third kappa shape index (κ3) is 2.98. The number of hydrogen-bond donors (Lipinski definition) is 1. The van der Waals surface area contributed by atoms with Crippen molar-refractivity contribution in [3.63, 3.8) is 0 Å². The van der Waals surface area contributed by atoms with Gasteiger partial charge in [0.15, 0.2) is 0 Å². The molecule has 2 aliphatic rings. The normalized spacial score (nSPS) is 42.2. The summed E-state index contributed by atoms with van der Waals surface area (Å²) in [6, 6.07) is 1.58. The highest BCUT2D eigenvalue weighted by molar-refractivity contribution is 4.88. The first-order valence-electron chi connectivity index (χ1n) is 7.11. The monoisotopic (exact) mass is 224 g/mol. The topological polar surface area (TPSA) is 15.3 Å². The van der Waals surface area contributed by atoms with Gasteiger partial charge in [-0.15, -0.1) is 0 Å². The van der Waals surface area contributed by atoms with Crippen LogP contribution >= 0.6 is 0 Å². The van der Waals surface area contributed by atoms with Crippen molar-refractivity contribution >= 4 is 0 Å². The lowest BCUT2D eigenvalue weighted by Gasteiger charge is -2.25. The summed E-state index contributed by atoms with van der Waals surface area (Å²) in [5.74, 6) is 1.80. The van der Waals surface area contributed by atoms with Crippen LogP contribution in [-0.2, 0) is 0 Å². The summed E-state index contributed by atoms with van der Waals surface area (Å²) in [6.45, 7) is 7.40. The van der Waals surface area contributed by atoms with Crippen LogP contribution in [0.3, 0.4) is 0 Å². The summed E-state index contributed by atoms with van der Waals surface area (Å²) in [4.78, 5) is 2.47. The molecule has 1 aliphatic carbocycles. The van der Waals surface area contributed by atoms with Gasteiger partial charge in [-0.25, -0.2) is 0 Å². The fourth-order valence-corrected chi connectivity index (χ4v) is 3.31. The third-order valence-corrected chi connectivity index (χ3v) is 4.87. The Labute approximate surface area is 101 Å². The summed E-state index contributed by atoms with van der Waals surface area (Å²) in [5, 5.41) is 3.93. The smallest absolute Gasteiger partial charge is 0.00979 e. The molecule has 2 nitrogen and oxygen atoms in total. The molecule has 0 bridgehead atoms. The fourth-order valence-electron chi connectivity index (χ4n) is 3.31. The number of likely N-dealkylation sites (tertiary alicyclic amines) is 1. The van der Waals surface area contributed by atoms with E-state index in [1.54, 1.807) is 0 Å². The molecule has 1 heterocycles. The van der Waals surface area contributed by atoms with Crippen LogP contribution < -0.4 is 5.32 Å². The Balaban J connectivity index is 1.80. The van der Waals surface area contributed by atoms with Crippen LogP contribution in [0.1, 0.15) is 46.0 Å². The zero-order valence-corrected chi connectivity index (χ0v) is 11.2. The molecule has 0 aromatic carbocycles. The van der Waals surface area contributed by atoms with Gasteiger partial charge < -0.3 is 10.2 Å². The van der Waals surface area contributed by atoms with Crippen LogP contribution in [-0.4, -0.2) is 37.1 Å². The minimum Gasteiger partial charge on any atom is -0.311 e. The molecule has 0 spiro atoms. The number of hydrogen-bond acceptors (Lipinski definition) is 2. The highest BCUT2D eigenvalue weighted by Crippen LogP contribution is 2.31. The van der Waals surface area contributed by atoms with Gasteiger partial charge in [0.05, 0.1) is 0 Å². The van der Waals surface area contributed by atoms with Crippen molar-refractivity contribution in [1.82, 2.24) is 10.2 Å². The molecule has 0 aromatic heterocycles. The van der Waals surface area contributed by atoms with Gasteiger partial charge in [-0.05, 0) is 64.1 Å². The Morgan fingerprint density at radius 3 is 2.50 bits per heavy atom. The Hall–Kier alpha value is -0.0800. The van der Waals surface area contributed by atoms with Crippen LogP contribution in [0.25, 0.3) is 0 Å². The van der Waals surface area contributed by atoms with Crippen LogP contribution in [0.2, 0.25) is 0 Å². The maximum absolute atomic E-state index is 3.93. The SMILES string of the molecule is CC1CCC(NC2CCCN(C)CC2)C1C. The summed E-state index contributed by atoms with van der Waals surface area (Å²) in [6.07, 6.45) is 6.90. The lowest BCUT2D eigenvalue weighted by molar-refractivity contribution is 0.312. The van der Waals surface area contributed by atoms with Gasteiger partial charge in [0, 0.05) is 12.1 Å². The molecule has 4 atom stereocenters. The van der Waals surface area contributed by atoms with E-state index in [0.29, 0.717) is 0 Å². The predicted octanol–water partition coefficient (Wildman–Crippen LogP) is 2.49.